The largest absolute Gasteiger partial charge is 0.500 e. The molecule has 59 heavy (non-hydrogen) atoms. The van der Waals surface area contributed by atoms with Crippen LogP contribution in [0.2, 0.25) is 0 Å². The number of cyclic esters (lactones) is 1. The minimum Gasteiger partial charge on any atom is -0.500 e. The van der Waals surface area contributed by atoms with Gasteiger partial charge >= 0.3 is 23.9 Å². The zero-order valence-corrected chi connectivity index (χ0v) is 36.4. The molecule has 8 rings (SSSR count). The summed E-state index contributed by atoms with van der Waals surface area (Å²) in [6.07, 6.45) is -3.18. The van der Waals surface area contributed by atoms with Crippen molar-refractivity contribution in [2.45, 2.75) is 134 Å². The van der Waals surface area contributed by atoms with Gasteiger partial charge in [-0.2, -0.15) is 0 Å². The van der Waals surface area contributed by atoms with Crippen molar-refractivity contribution in [3.8, 4) is 0 Å². The van der Waals surface area contributed by atoms with Crippen molar-refractivity contribution in [2.24, 2.45) is 39.9 Å². The second kappa shape index (κ2) is 13.0. The number of allylic oxidation sites excluding steroid dienone is 1. The van der Waals surface area contributed by atoms with E-state index in [-0.39, 0.29) is 24.2 Å². The van der Waals surface area contributed by atoms with Crippen molar-refractivity contribution in [3.63, 3.8) is 0 Å². The van der Waals surface area contributed by atoms with Gasteiger partial charge in [-0.1, -0.05) is 48.5 Å². The van der Waals surface area contributed by atoms with Crippen LogP contribution in [-0.2, 0) is 71.3 Å². The van der Waals surface area contributed by atoms with Gasteiger partial charge in [0.2, 0.25) is 0 Å². The lowest BCUT2D eigenvalue weighted by Crippen LogP contribution is -2.97. The Balaban J connectivity index is 1.61. The molecule has 7 fully saturated rings. The Labute approximate surface area is 344 Å². The number of carbonyl (C=O) groups excluding carboxylic acids is 4. The molecular formula is C43H58O16. The molecule has 6 unspecified atom stereocenters. The van der Waals surface area contributed by atoms with Crippen molar-refractivity contribution in [1.29, 1.82) is 0 Å². The van der Waals surface area contributed by atoms with Crippen LogP contribution in [-0.4, -0.2) is 112 Å². The first kappa shape index (κ1) is 42.2. The van der Waals surface area contributed by atoms with Gasteiger partial charge in [-0.15, -0.1) is 0 Å². The molecule has 1 aromatic heterocycles. The molecule has 1 aromatic rings. The molecule has 4 saturated carbocycles. The number of esters is 4. The Hall–Kier alpha value is -3.54. The smallest absolute Gasteiger partial charge is 0.338 e. The predicted molar refractivity (Wildman–Crippen MR) is 200 cm³/mol. The molecule has 15 atom stereocenters. The van der Waals surface area contributed by atoms with Gasteiger partial charge < -0.3 is 56.5 Å². The van der Waals surface area contributed by atoms with Crippen molar-refractivity contribution in [1.82, 2.24) is 0 Å². The molecule has 16 heteroatoms. The maximum atomic E-state index is 15.2. The highest BCUT2D eigenvalue weighted by Gasteiger charge is 3.06. The number of hydrogen-bond donors (Lipinski definition) is 0. The average Bonchev–Trinajstić information content (AvgIpc) is 3.86. The summed E-state index contributed by atoms with van der Waals surface area (Å²) in [5.41, 5.74) is -10.5. The van der Waals surface area contributed by atoms with Crippen LogP contribution in [0.25, 0.3) is 0 Å². The first-order valence-corrected chi connectivity index (χ1v) is 20.3. The highest BCUT2D eigenvalue weighted by molar-refractivity contribution is 5.92. The van der Waals surface area contributed by atoms with Crippen LogP contribution >= 0.6 is 0 Å². The number of fused-ring (bicyclic) bond motifs is 3. The molecule has 4 heterocycles. The summed E-state index contributed by atoms with van der Waals surface area (Å²) in [5, 5.41) is 0. The molecular weight excluding hydrogens is 772 g/mol. The van der Waals surface area contributed by atoms with Gasteiger partial charge in [0.15, 0.2) is 5.60 Å². The third-order valence-corrected chi connectivity index (χ3v) is 15.7. The van der Waals surface area contributed by atoms with E-state index in [4.69, 9.17) is 56.5 Å². The SMILES string of the molecule is COC(=O)C[C@H]1C2(C)CC34OC5(C)O[C@@]6([C@H](OC)C(OC(=O)C(C)C)[C@]7(C)C(C(=C(OC)C(C)C)C(=O)O[C@H]7c7ccoc7)[C@@]6(O5)[C@H](OC)[C@@]3(OC)C2OC(C)=O)[C@]14C. The van der Waals surface area contributed by atoms with Gasteiger partial charge in [0.05, 0.1) is 43.7 Å². The third kappa shape index (κ3) is 4.40. The van der Waals surface area contributed by atoms with Gasteiger partial charge in [-0.3, -0.25) is 14.4 Å². The number of carbonyl (C=O) groups is 4. The van der Waals surface area contributed by atoms with Crippen molar-refractivity contribution >= 4 is 23.9 Å². The highest BCUT2D eigenvalue weighted by Crippen LogP contribution is 2.90. The normalized spacial score (nSPS) is 48.1. The first-order valence-electron chi connectivity index (χ1n) is 20.3. The van der Waals surface area contributed by atoms with Crippen LogP contribution < -0.4 is 0 Å². The fraction of sp³-hybridized carbons (Fsp3) is 0.767. The molecule has 16 nitrogen and oxygen atoms in total. The fourth-order valence-corrected chi connectivity index (χ4v) is 14.4. The summed E-state index contributed by atoms with van der Waals surface area (Å²) in [5.74, 6) is -7.08. The number of hydrogen-bond acceptors (Lipinski definition) is 16. The zero-order chi connectivity index (χ0) is 43.3. The van der Waals surface area contributed by atoms with Gasteiger partial charge in [0, 0.05) is 69.8 Å². The number of methoxy groups -OCH3 is 5. The minimum atomic E-state index is -1.95. The van der Waals surface area contributed by atoms with Crippen LogP contribution in [0.5, 0.6) is 0 Å². The average molecular weight is 831 g/mol. The molecule has 0 radical (unpaired) electrons. The molecule has 4 aliphatic carbocycles. The minimum absolute atomic E-state index is 0.0852. The highest BCUT2D eigenvalue weighted by atomic mass is 16.9. The van der Waals surface area contributed by atoms with E-state index >= 15 is 4.79 Å². The van der Waals surface area contributed by atoms with Crippen molar-refractivity contribution in [3.05, 3.63) is 35.5 Å². The summed E-state index contributed by atoms with van der Waals surface area (Å²) in [4.78, 5) is 56.7. The number of ether oxygens (including phenoxy) is 11. The number of furan rings is 1. The molecule has 7 aliphatic rings. The summed E-state index contributed by atoms with van der Waals surface area (Å²) in [6.45, 7) is 15.9. The molecule has 3 aliphatic heterocycles. The van der Waals surface area contributed by atoms with Crippen LogP contribution in [0.3, 0.4) is 0 Å². The maximum absolute atomic E-state index is 15.2. The van der Waals surface area contributed by atoms with Gasteiger partial charge in [-0.25, -0.2) is 4.79 Å². The van der Waals surface area contributed by atoms with Crippen LogP contribution in [0, 0.1) is 39.9 Å². The second-order valence-corrected chi connectivity index (χ2v) is 18.8. The molecule has 0 N–H and O–H groups in total. The van der Waals surface area contributed by atoms with Gasteiger partial charge in [0.25, 0.3) is 5.97 Å². The van der Waals surface area contributed by atoms with Gasteiger partial charge in [-0.05, 0) is 18.4 Å². The maximum Gasteiger partial charge on any atom is 0.338 e. The van der Waals surface area contributed by atoms with E-state index in [1.54, 1.807) is 26.8 Å². The molecule has 4 bridgehead atoms. The molecule has 326 valence electrons. The lowest BCUT2D eigenvalue weighted by Gasteiger charge is -2.79. The van der Waals surface area contributed by atoms with E-state index < -0.39 is 123 Å². The van der Waals surface area contributed by atoms with Crippen molar-refractivity contribution < 1.29 is 75.7 Å². The van der Waals surface area contributed by atoms with Crippen molar-refractivity contribution in [2.75, 3.05) is 35.5 Å². The fourth-order valence-electron chi connectivity index (χ4n) is 14.4. The molecule has 0 amide bonds. The van der Waals surface area contributed by atoms with E-state index in [1.807, 2.05) is 34.6 Å². The summed E-state index contributed by atoms with van der Waals surface area (Å²) in [7, 11) is 7.29. The lowest BCUT2D eigenvalue weighted by atomic mass is 9.32. The Bertz CT molecular complexity index is 1980. The second-order valence-electron chi connectivity index (χ2n) is 18.8. The van der Waals surface area contributed by atoms with E-state index in [9.17, 15) is 14.4 Å². The predicted octanol–water partition coefficient (Wildman–Crippen LogP) is 4.57. The lowest BCUT2D eigenvalue weighted by molar-refractivity contribution is -0.494. The Kier molecular flexibility index (Phi) is 9.28. The van der Waals surface area contributed by atoms with Crippen LogP contribution in [0.4, 0.5) is 0 Å². The van der Waals surface area contributed by atoms with E-state index in [0.717, 1.165) is 0 Å². The zero-order valence-electron chi connectivity index (χ0n) is 36.4. The Morgan fingerprint density at radius 2 is 1.56 bits per heavy atom. The third-order valence-electron chi connectivity index (χ3n) is 15.7. The quantitative estimate of drug-likeness (QED) is 0.131. The molecule has 3 saturated heterocycles. The topological polar surface area (TPSA) is 183 Å². The number of rotatable bonds is 11. The molecule has 0 aromatic carbocycles. The Morgan fingerprint density at radius 3 is 2.08 bits per heavy atom. The monoisotopic (exact) mass is 830 g/mol. The van der Waals surface area contributed by atoms with E-state index in [2.05, 4.69) is 0 Å². The van der Waals surface area contributed by atoms with Gasteiger partial charge in [0.1, 0.15) is 53.1 Å². The standard InChI is InChI=1S/C43H58O16/c1-20(2)27(49-11)26-28-37(7,29(55-33(26)47)23-15-16-53-18-23)30(56-32(46)21(3)4)31(50-12)43-38(8)24(17-25(45)48-10)36(6)19-40(38)42(52-14,34(36)54-22(5)44)35(51-13)41(28,43)58-39(9,57-40)59-43/h15-16,18,20-21,24,28-31,34-35H,17,19H2,1-14H3/t24-,28?,29-,30?,31+,34?,35-,36?,37+,38+,39?,40?,41+,42-,43-/m0/s1. The van der Waals surface area contributed by atoms with E-state index in [0.29, 0.717) is 5.56 Å². The van der Waals surface area contributed by atoms with Crippen LogP contribution in [0.1, 0.15) is 86.8 Å². The first-order chi connectivity index (χ1) is 27.6. The molecule has 2 spiro atoms. The van der Waals surface area contributed by atoms with E-state index in [1.165, 1.54) is 55.0 Å². The van der Waals surface area contributed by atoms with Crippen LogP contribution in [0.15, 0.2) is 34.3 Å². The summed E-state index contributed by atoms with van der Waals surface area (Å²) >= 11 is 0. The summed E-state index contributed by atoms with van der Waals surface area (Å²) < 4.78 is 79.9. The summed E-state index contributed by atoms with van der Waals surface area (Å²) in [6, 6.07) is 1.68. The Morgan fingerprint density at radius 1 is 0.864 bits per heavy atom.